The van der Waals surface area contributed by atoms with E-state index < -0.39 is 11.9 Å². The maximum absolute atomic E-state index is 12.4. The van der Waals surface area contributed by atoms with Crippen molar-refractivity contribution >= 4 is 29.4 Å². The van der Waals surface area contributed by atoms with Crippen LogP contribution < -0.4 is 10.6 Å². The van der Waals surface area contributed by atoms with E-state index in [1.54, 1.807) is 6.26 Å². The summed E-state index contributed by atoms with van der Waals surface area (Å²) in [5.41, 5.74) is 2.72. The molecular formula is C23H27N5O3S. The molecule has 9 heteroatoms. The zero-order valence-corrected chi connectivity index (χ0v) is 19.1. The Morgan fingerprint density at radius 2 is 1.97 bits per heavy atom. The average Bonchev–Trinajstić information content (AvgIpc) is 3.44. The maximum Gasteiger partial charge on any atom is 0.325 e. The lowest BCUT2D eigenvalue weighted by Gasteiger charge is -2.25. The van der Waals surface area contributed by atoms with Gasteiger partial charge in [-0.25, -0.2) is 4.79 Å². The monoisotopic (exact) mass is 453 g/mol. The highest BCUT2D eigenvalue weighted by Gasteiger charge is 2.25. The highest BCUT2D eigenvalue weighted by Crippen LogP contribution is 2.35. The van der Waals surface area contributed by atoms with Crippen LogP contribution in [0.15, 0.2) is 46.2 Å². The highest BCUT2D eigenvalue weighted by molar-refractivity contribution is 7.99. The van der Waals surface area contributed by atoms with Gasteiger partial charge >= 0.3 is 6.03 Å². The minimum atomic E-state index is -0.549. The first-order valence-electron chi connectivity index (χ1n) is 10.8. The molecule has 0 bridgehead atoms. The zero-order chi connectivity index (χ0) is 22.5. The third kappa shape index (κ3) is 5.21. The predicted octanol–water partition coefficient (Wildman–Crippen LogP) is 5.10. The number of nitrogens with zero attached hydrogens (tertiary/aromatic N) is 3. The number of rotatable bonds is 6. The van der Waals surface area contributed by atoms with Crippen LogP contribution in [0, 0.1) is 13.8 Å². The third-order valence-electron chi connectivity index (χ3n) is 5.56. The van der Waals surface area contributed by atoms with Crippen molar-refractivity contribution in [1.82, 2.24) is 20.1 Å². The first-order valence-corrected chi connectivity index (χ1v) is 11.8. The summed E-state index contributed by atoms with van der Waals surface area (Å²) in [5, 5.41) is 14.4. The van der Waals surface area contributed by atoms with Crippen molar-refractivity contribution in [3.8, 4) is 11.6 Å². The summed E-state index contributed by atoms with van der Waals surface area (Å²) in [4.78, 5) is 24.7. The minimum absolute atomic E-state index is 0.0588. The standard InChI is InChI=1S/C23H27N5O3S/c1-15-10-11-18(16(2)13-15)24-22(30)25-20(29)14-32-23-27-26-21(19-9-6-12-31-19)28(23)17-7-4-3-5-8-17/h6,9-13,17H,3-5,7-8,14H2,1-2H3,(H2,24,25,29,30). The van der Waals surface area contributed by atoms with Gasteiger partial charge in [-0.15, -0.1) is 10.2 Å². The molecule has 0 saturated heterocycles. The van der Waals surface area contributed by atoms with Gasteiger partial charge in [-0.1, -0.05) is 48.7 Å². The molecule has 4 rings (SSSR count). The van der Waals surface area contributed by atoms with Crippen molar-refractivity contribution in [3.05, 3.63) is 47.7 Å². The number of hydrogen-bond acceptors (Lipinski definition) is 6. The molecule has 0 atom stereocenters. The largest absolute Gasteiger partial charge is 0.461 e. The van der Waals surface area contributed by atoms with E-state index in [-0.39, 0.29) is 11.8 Å². The molecule has 1 aliphatic carbocycles. The lowest BCUT2D eigenvalue weighted by molar-refractivity contribution is -0.117. The number of aryl methyl sites for hydroxylation is 2. The summed E-state index contributed by atoms with van der Waals surface area (Å²) >= 11 is 1.28. The van der Waals surface area contributed by atoms with Crippen LogP contribution in [0.3, 0.4) is 0 Å². The summed E-state index contributed by atoms with van der Waals surface area (Å²) in [6.45, 7) is 3.90. The van der Waals surface area contributed by atoms with Crippen LogP contribution in [0.1, 0.15) is 49.3 Å². The third-order valence-corrected chi connectivity index (χ3v) is 6.50. The first-order chi connectivity index (χ1) is 15.5. The Kier molecular flexibility index (Phi) is 6.94. The summed E-state index contributed by atoms with van der Waals surface area (Å²) in [6.07, 6.45) is 7.25. The number of furan rings is 1. The number of urea groups is 1. The second kappa shape index (κ2) is 10.0. The molecule has 1 aromatic carbocycles. The molecule has 2 N–H and O–H groups in total. The zero-order valence-electron chi connectivity index (χ0n) is 18.3. The quantitative estimate of drug-likeness (QED) is 0.504. The van der Waals surface area contributed by atoms with Crippen LogP contribution in [0.4, 0.5) is 10.5 Å². The Hall–Kier alpha value is -3.07. The van der Waals surface area contributed by atoms with E-state index in [2.05, 4.69) is 25.4 Å². The Morgan fingerprint density at radius 3 is 2.69 bits per heavy atom. The molecule has 1 saturated carbocycles. The van der Waals surface area contributed by atoms with Crippen molar-refractivity contribution in [2.75, 3.05) is 11.1 Å². The van der Waals surface area contributed by atoms with Crippen LogP contribution >= 0.6 is 11.8 Å². The first kappa shape index (κ1) is 22.1. The molecule has 3 amide bonds. The molecule has 168 valence electrons. The smallest absolute Gasteiger partial charge is 0.325 e. The number of aromatic nitrogens is 3. The average molecular weight is 454 g/mol. The molecule has 0 unspecified atom stereocenters. The molecule has 0 radical (unpaired) electrons. The van der Waals surface area contributed by atoms with E-state index in [1.165, 1.54) is 18.2 Å². The number of anilines is 1. The van der Waals surface area contributed by atoms with E-state index in [0.29, 0.717) is 22.4 Å². The van der Waals surface area contributed by atoms with Crippen molar-refractivity contribution in [2.45, 2.75) is 57.1 Å². The summed E-state index contributed by atoms with van der Waals surface area (Å²) in [6, 6.07) is 9.12. The van der Waals surface area contributed by atoms with Gasteiger partial charge in [0.2, 0.25) is 11.7 Å². The van der Waals surface area contributed by atoms with Gasteiger partial charge in [0.1, 0.15) is 0 Å². The maximum atomic E-state index is 12.4. The lowest BCUT2D eigenvalue weighted by atomic mass is 9.95. The number of benzene rings is 1. The SMILES string of the molecule is Cc1ccc(NC(=O)NC(=O)CSc2nnc(-c3ccco3)n2C2CCCCC2)c(C)c1. The van der Waals surface area contributed by atoms with Gasteiger partial charge in [-0.05, 0) is 50.5 Å². The van der Waals surface area contributed by atoms with Gasteiger partial charge in [-0.3, -0.25) is 14.7 Å². The number of hydrogen-bond donors (Lipinski definition) is 2. The van der Waals surface area contributed by atoms with Gasteiger partial charge in [0.15, 0.2) is 10.9 Å². The van der Waals surface area contributed by atoms with Crippen molar-refractivity contribution in [2.24, 2.45) is 0 Å². The second-order valence-corrected chi connectivity index (χ2v) is 9.00. The van der Waals surface area contributed by atoms with E-state index in [4.69, 9.17) is 4.42 Å². The highest BCUT2D eigenvalue weighted by atomic mass is 32.2. The molecular weight excluding hydrogens is 426 g/mol. The van der Waals surface area contributed by atoms with Gasteiger partial charge in [0.05, 0.1) is 12.0 Å². The lowest BCUT2D eigenvalue weighted by Crippen LogP contribution is -2.35. The van der Waals surface area contributed by atoms with Crippen LogP contribution in [-0.2, 0) is 4.79 Å². The molecule has 2 heterocycles. The van der Waals surface area contributed by atoms with Gasteiger partial charge in [0, 0.05) is 11.7 Å². The number of amides is 3. The topological polar surface area (TPSA) is 102 Å². The number of carbonyl (C=O) groups is 2. The van der Waals surface area contributed by atoms with Crippen LogP contribution in [0.5, 0.6) is 0 Å². The predicted molar refractivity (Wildman–Crippen MR) is 124 cm³/mol. The summed E-state index contributed by atoms with van der Waals surface area (Å²) in [5.74, 6) is 1.00. The van der Waals surface area contributed by atoms with E-state index in [9.17, 15) is 9.59 Å². The molecule has 0 aliphatic heterocycles. The normalized spacial score (nSPS) is 14.3. The number of carbonyl (C=O) groups excluding carboxylic acids is 2. The summed E-state index contributed by atoms with van der Waals surface area (Å²) in [7, 11) is 0. The Balaban J connectivity index is 1.40. The van der Waals surface area contributed by atoms with E-state index >= 15 is 0 Å². The Morgan fingerprint density at radius 1 is 1.16 bits per heavy atom. The van der Waals surface area contributed by atoms with Crippen molar-refractivity contribution < 1.29 is 14.0 Å². The molecule has 0 spiro atoms. The fourth-order valence-corrected chi connectivity index (χ4v) is 4.82. The fraction of sp³-hybridized carbons (Fsp3) is 0.391. The Bertz CT molecular complexity index is 1090. The van der Waals surface area contributed by atoms with Gasteiger partial charge in [-0.2, -0.15) is 0 Å². The van der Waals surface area contributed by atoms with Crippen LogP contribution in [-0.4, -0.2) is 32.5 Å². The van der Waals surface area contributed by atoms with Gasteiger partial charge < -0.3 is 9.73 Å². The fourth-order valence-electron chi connectivity index (χ4n) is 4.02. The number of nitrogens with one attached hydrogen (secondary N) is 2. The molecule has 2 aromatic heterocycles. The van der Waals surface area contributed by atoms with Crippen LogP contribution in [0.25, 0.3) is 11.6 Å². The Labute approximate surface area is 191 Å². The number of thioether (sulfide) groups is 1. The van der Waals surface area contributed by atoms with Crippen LogP contribution in [0.2, 0.25) is 0 Å². The molecule has 8 nitrogen and oxygen atoms in total. The van der Waals surface area contributed by atoms with Gasteiger partial charge in [0.25, 0.3) is 0 Å². The number of imide groups is 1. The van der Waals surface area contributed by atoms with E-state index in [0.717, 1.165) is 36.8 Å². The molecule has 32 heavy (non-hydrogen) atoms. The van der Waals surface area contributed by atoms with E-state index in [1.807, 2.05) is 44.2 Å². The van der Waals surface area contributed by atoms with Crippen molar-refractivity contribution in [1.29, 1.82) is 0 Å². The molecule has 1 fully saturated rings. The summed E-state index contributed by atoms with van der Waals surface area (Å²) < 4.78 is 7.64. The second-order valence-electron chi connectivity index (χ2n) is 8.05. The molecule has 1 aliphatic rings. The van der Waals surface area contributed by atoms with Crippen molar-refractivity contribution in [3.63, 3.8) is 0 Å². The minimum Gasteiger partial charge on any atom is -0.461 e. The molecule has 3 aromatic rings.